The van der Waals surface area contributed by atoms with Crippen molar-refractivity contribution >= 4 is 29.2 Å². The number of hydrazine groups is 1. The van der Waals surface area contributed by atoms with Crippen molar-refractivity contribution in [2.75, 3.05) is 10.7 Å². The van der Waals surface area contributed by atoms with Gasteiger partial charge in [-0.15, -0.1) is 0 Å². The number of nitrogens with one attached hydrogen (secondary N) is 3. The summed E-state index contributed by atoms with van der Waals surface area (Å²) in [6, 6.07) is 13.4. The molecule has 27 heavy (non-hydrogen) atoms. The molecule has 1 fully saturated rings. The third-order valence-corrected chi connectivity index (χ3v) is 4.28. The van der Waals surface area contributed by atoms with Crippen LogP contribution in [0.15, 0.2) is 48.5 Å². The van der Waals surface area contributed by atoms with Gasteiger partial charge in [0.1, 0.15) is 6.04 Å². The second kappa shape index (κ2) is 7.88. The minimum absolute atomic E-state index is 0.157. The van der Waals surface area contributed by atoms with E-state index in [0.29, 0.717) is 12.1 Å². The molecule has 0 bridgehead atoms. The van der Waals surface area contributed by atoms with Crippen LogP contribution in [-0.2, 0) is 22.6 Å². The van der Waals surface area contributed by atoms with Crippen LogP contribution in [0.25, 0.3) is 0 Å². The summed E-state index contributed by atoms with van der Waals surface area (Å²) in [6.07, 6.45) is 0.410. The minimum atomic E-state index is -0.590. The van der Waals surface area contributed by atoms with Gasteiger partial charge in [0.25, 0.3) is 5.91 Å². The van der Waals surface area contributed by atoms with Gasteiger partial charge in [0, 0.05) is 24.7 Å². The van der Waals surface area contributed by atoms with E-state index in [0.717, 1.165) is 16.8 Å². The average Bonchev–Trinajstić information content (AvgIpc) is 2.91. The van der Waals surface area contributed by atoms with Gasteiger partial charge in [0.15, 0.2) is 0 Å². The first kappa shape index (κ1) is 18.4. The van der Waals surface area contributed by atoms with Crippen LogP contribution in [0.2, 0.25) is 0 Å². The van der Waals surface area contributed by atoms with Crippen molar-refractivity contribution < 1.29 is 14.4 Å². The Morgan fingerprint density at radius 2 is 1.63 bits per heavy atom. The van der Waals surface area contributed by atoms with Gasteiger partial charge in [0.2, 0.25) is 5.91 Å². The third-order valence-electron chi connectivity index (χ3n) is 4.28. The molecule has 140 valence electrons. The van der Waals surface area contributed by atoms with Crippen LogP contribution in [0, 0.1) is 0 Å². The Morgan fingerprint density at radius 3 is 2.22 bits per heavy atom. The summed E-state index contributed by atoms with van der Waals surface area (Å²) in [5.74, 6) is 4.92. The highest BCUT2D eigenvalue weighted by molar-refractivity contribution is 6.04. The Hall–Kier alpha value is -3.39. The van der Waals surface area contributed by atoms with E-state index in [1.807, 2.05) is 24.3 Å². The number of nitrogen functional groups attached to an aromatic ring is 1. The van der Waals surface area contributed by atoms with Crippen LogP contribution in [0.5, 0.6) is 0 Å². The molecule has 0 saturated carbocycles. The number of carbonyl (C=O) groups excluding carboxylic acids is 3. The Kier molecular flexibility index (Phi) is 5.37. The molecule has 3 rings (SSSR count). The summed E-state index contributed by atoms with van der Waals surface area (Å²) in [7, 11) is 0. The number of amides is 4. The molecule has 8 heteroatoms. The molecule has 0 aromatic heterocycles. The molecule has 2 aromatic rings. The fraction of sp³-hybridized carbons (Fsp3) is 0.211. The monoisotopic (exact) mass is 367 g/mol. The molecule has 1 heterocycles. The van der Waals surface area contributed by atoms with Gasteiger partial charge < -0.3 is 16.1 Å². The van der Waals surface area contributed by atoms with E-state index in [2.05, 4.69) is 16.1 Å². The maximum atomic E-state index is 12.6. The standard InChI is InChI=1S/C19H21N5O3/c1-12(25)21-15-6-4-14(5-7-15)11-24-18(26)17(22-19(24)27)10-13-2-8-16(23-20)9-3-13/h2-9,17,23H,10-11,20H2,1H3,(H,21,25)(H,22,27). The van der Waals surface area contributed by atoms with Crippen molar-refractivity contribution in [3.63, 3.8) is 0 Å². The molecular formula is C19H21N5O3. The summed E-state index contributed by atoms with van der Waals surface area (Å²) >= 11 is 0. The molecular weight excluding hydrogens is 346 g/mol. The lowest BCUT2D eigenvalue weighted by atomic mass is 10.1. The maximum absolute atomic E-state index is 12.6. The maximum Gasteiger partial charge on any atom is 0.325 e. The Balaban J connectivity index is 1.64. The second-order valence-electron chi connectivity index (χ2n) is 6.35. The quantitative estimate of drug-likeness (QED) is 0.351. The van der Waals surface area contributed by atoms with Crippen molar-refractivity contribution in [1.29, 1.82) is 0 Å². The predicted molar refractivity (Wildman–Crippen MR) is 102 cm³/mol. The molecule has 1 atom stereocenters. The van der Waals surface area contributed by atoms with Crippen molar-refractivity contribution in [2.24, 2.45) is 5.84 Å². The summed E-state index contributed by atoms with van der Waals surface area (Å²) < 4.78 is 0. The van der Waals surface area contributed by atoms with E-state index in [9.17, 15) is 14.4 Å². The number of urea groups is 1. The molecule has 0 aliphatic carbocycles. The molecule has 1 saturated heterocycles. The number of benzene rings is 2. The SMILES string of the molecule is CC(=O)Nc1ccc(CN2C(=O)NC(Cc3ccc(NN)cc3)C2=O)cc1. The van der Waals surface area contributed by atoms with Crippen LogP contribution in [0.1, 0.15) is 18.1 Å². The van der Waals surface area contributed by atoms with Crippen LogP contribution in [0.4, 0.5) is 16.2 Å². The van der Waals surface area contributed by atoms with Gasteiger partial charge in [0.05, 0.1) is 6.54 Å². The summed E-state index contributed by atoms with van der Waals surface area (Å²) in [4.78, 5) is 37.1. The predicted octanol–water partition coefficient (Wildman–Crippen LogP) is 1.59. The van der Waals surface area contributed by atoms with Crippen LogP contribution < -0.4 is 21.9 Å². The topological polar surface area (TPSA) is 117 Å². The lowest BCUT2D eigenvalue weighted by molar-refractivity contribution is -0.127. The number of nitrogens with two attached hydrogens (primary N) is 1. The van der Waals surface area contributed by atoms with Gasteiger partial charge in [-0.1, -0.05) is 24.3 Å². The molecule has 1 unspecified atom stereocenters. The smallest absolute Gasteiger partial charge is 0.325 e. The van der Waals surface area contributed by atoms with Crippen molar-refractivity contribution in [1.82, 2.24) is 10.2 Å². The van der Waals surface area contributed by atoms with Crippen molar-refractivity contribution in [3.8, 4) is 0 Å². The molecule has 2 aromatic carbocycles. The molecule has 5 N–H and O–H groups in total. The molecule has 4 amide bonds. The van der Waals surface area contributed by atoms with Crippen LogP contribution in [-0.4, -0.2) is 28.8 Å². The first-order valence-corrected chi connectivity index (χ1v) is 8.50. The number of hydrogen-bond donors (Lipinski definition) is 4. The van der Waals surface area contributed by atoms with Gasteiger partial charge in [-0.25, -0.2) is 4.79 Å². The number of carbonyl (C=O) groups is 3. The number of rotatable bonds is 6. The van der Waals surface area contributed by atoms with Gasteiger partial charge in [-0.3, -0.25) is 20.3 Å². The van der Waals surface area contributed by atoms with Crippen LogP contribution in [0.3, 0.4) is 0 Å². The Bertz CT molecular complexity index is 849. The van der Waals surface area contributed by atoms with E-state index >= 15 is 0 Å². The molecule has 1 aliphatic heterocycles. The zero-order valence-electron chi connectivity index (χ0n) is 14.9. The number of hydrogen-bond acceptors (Lipinski definition) is 5. The molecule has 0 spiro atoms. The van der Waals surface area contributed by atoms with Gasteiger partial charge in [-0.2, -0.15) is 0 Å². The fourth-order valence-corrected chi connectivity index (χ4v) is 2.92. The highest BCUT2D eigenvalue weighted by Crippen LogP contribution is 2.18. The lowest BCUT2D eigenvalue weighted by Crippen LogP contribution is -2.32. The van der Waals surface area contributed by atoms with Gasteiger partial charge in [-0.05, 0) is 35.4 Å². The fourth-order valence-electron chi connectivity index (χ4n) is 2.92. The van der Waals surface area contributed by atoms with E-state index in [-0.39, 0.29) is 18.4 Å². The second-order valence-corrected chi connectivity index (χ2v) is 6.35. The van der Waals surface area contributed by atoms with E-state index in [4.69, 9.17) is 5.84 Å². The molecule has 0 radical (unpaired) electrons. The molecule has 1 aliphatic rings. The molecule has 8 nitrogen and oxygen atoms in total. The summed E-state index contributed by atoms with van der Waals surface area (Å²) in [5, 5.41) is 5.40. The number of imide groups is 1. The normalized spacial score (nSPS) is 16.2. The lowest BCUT2D eigenvalue weighted by Gasteiger charge is -2.14. The summed E-state index contributed by atoms with van der Waals surface area (Å²) in [5.41, 5.74) is 5.70. The number of anilines is 2. The third kappa shape index (κ3) is 4.42. The minimum Gasteiger partial charge on any atom is -0.326 e. The van der Waals surface area contributed by atoms with E-state index in [1.165, 1.54) is 11.8 Å². The number of nitrogens with zero attached hydrogens (tertiary/aromatic N) is 1. The zero-order valence-corrected chi connectivity index (χ0v) is 14.9. The highest BCUT2D eigenvalue weighted by Gasteiger charge is 2.37. The van der Waals surface area contributed by atoms with Gasteiger partial charge >= 0.3 is 6.03 Å². The van der Waals surface area contributed by atoms with Crippen molar-refractivity contribution in [3.05, 3.63) is 59.7 Å². The van der Waals surface area contributed by atoms with E-state index in [1.54, 1.807) is 24.3 Å². The van der Waals surface area contributed by atoms with Crippen LogP contribution >= 0.6 is 0 Å². The first-order valence-electron chi connectivity index (χ1n) is 8.50. The summed E-state index contributed by atoms with van der Waals surface area (Å²) in [6.45, 7) is 1.61. The van der Waals surface area contributed by atoms with E-state index < -0.39 is 12.1 Å². The van der Waals surface area contributed by atoms with Crippen molar-refractivity contribution in [2.45, 2.75) is 25.9 Å². The Morgan fingerprint density at radius 1 is 1.04 bits per heavy atom. The largest absolute Gasteiger partial charge is 0.326 e. The first-order chi connectivity index (χ1) is 13.0. The highest BCUT2D eigenvalue weighted by atomic mass is 16.2. The zero-order chi connectivity index (χ0) is 19.4. The average molecular weight is 367 g/mol. The Labute approximate surface area is 156 Å².